The number of piperidine rings is 1. The number of aromatic nitrogens is 1. The Morgan fingerprint density at radius 2 is 2.02 bits per heavy atom. The van der Waals surface area contributed by atoms with Crippen LogP contribution in [0.2, 0.25) is 5.02 Å². The summed E-state index contributed by atoms with van der Waals surface area (Å²) < 4.78 is 6.29. The molecule has 0 amide bonds. The molecule has 0 radical (unpaired) electrons. The predicted molar refractivity (Wildman–Crippen MR) is 159 cm³/mol. The molecule has 2 aromatic rings. The van der Waals surface area contributed by atoms with Crippen LogP contribution in [0.3, 0.4) is 0 Å². The Morgan fingerprint density at radius 1 is 1.24 bits per heavy atom. The fourth-order valence-electron chi connectivity index (χ4n) is 5.48. The number of allylic oxidation sites excluding steroid dienone is 7. The standard InChI is InChI=1S/C33H35ClN2O5/c1-3-39-41-31(37)21-23(2)27-8-4-10-30-29(27)22-24(28-9-5-17-35-32(28)40-30)7-6-18-36-19-15-33(38,16-20-36)25-11-13-26(34)14-12-25/h4-5,7-14,17,21-22,27,38H,3,6,15-16,18-20H2,1-2H3/b23-21?,24-7+. The van der Waals surface area contributed by atoms with E-state index in [1.54, 1.807) is 13.1 Å². The molecule has 1 aromatic carbocycles. The number of nitrogens with zero attached hydrogens (tertiary/aromatic N) is 2. The Labute approximate surface area is 246 Å². The first kappa shape index (κ1) is 29.0. The minimum Gasteiger partial charge on any atom is -0.438 e. The molecule has 1 saturated heterocycles. The lowest BCUT2D eigenvalue weighted by Crippen LogP contribution is -2.42. The number of benzene rings is 1. The zero-order valence-corrected chi connectivity index (χ0v) is 24.1. The highest BCUT2D eigenvalue weighted by Crippen LogP contribution is 2.40. The van der Waals surface area contributed by atoms with Crippen LogP contribution in [-0.4, -0.2) is 47.2 Å². The van der Waals surface area contributed by atoms with E-state index in [4.69, 9.17) is 26.1 Å². The van der Waals surface area contributed by atoms with Gasteiger partial charge >= 0.3 is 5.97 Å². The molecule has 1 unspecified atom stereocenters. The molecule has 1 atom stereocenters. The first-order chi connectivity index (χ1) is 19.9. The molecule has 0 bridgehead atoms. The van der Waals surface area contributed by atoms with Gasteiger partial charge in [0.05, 0.1) is 12.2 Å². The quantitative estimate of drug-likeness (QED) is 0.224. The number of hydrogen-bond acceptors (Lipinski definition) is 7. The first-order valence-electron chi connectivity index (χ1n) is 14.0. The third kappa shape index (κ3) is 6.88. The van der Waals surface area contributed by atoms with Crippen LogP contribution >= 0.6 is 11.6 Å². The number of carbonyl (C=O) groups is 1. The molecule has 3 aliphatic rings. The highest BCUT2D eigenvalue weighted by atomic mass is 35.5. The molecule has 0 spiro atoms. The lowest BCUT2D eigenvalue weighted by Gasteiger charge is -2.38. The van der Waals surface area contributed by atoms with Crippen LogP contribution in [0.5, 0.6) is 5.88 Å². The molecule has 214 valence electrons. The second kappa shape index (κ2) is 13.0. The Morgan fingerprint density at radius 3 is 2.78 bits per heavy atom. The summed E-state index contributed by atoms with van der Waals surface area (Å²) in [5, 5.41) is 11.9. The van der Waals surface area contributed by atoms with Gasteiger partial charge in [-0.25, -0.2) is 9.78 Å². The summed E-state index contributed by atoms with van der Waals surface area (Å²) in [6, 6.07) is 11.4. The van der Waals surface area contributed by atoms with Gasteiger partial charge in [0.15, 0.2) is 0 Å². The molecular weight excluding hydrogens is 540 g/mol. The van der Waals surface area contributed by atoms with E-state index in [0.29, 0.717) is 29.5 Å². The average molecular weight is 575 g/mol. The minimum atomic E-state index is -0.820. The van der Waals surface area contributed by atoms with E-state index in [2.05, 4.69) is 22.0 Å². The summed E-state index contributed by atoms with van der Waals surface area (Å²) in [6.07, 6.45) is 15.6. The normalized spacial score (nSPS) is 21.2. The predicted octanol–water partition coefficient (Wildman–Crippen LogP) is 6.32. The van der Waals surface area contributed by atoms with E-state index in [9.17, 15) is 9.90 Å². The number of aliphatic hydroxyl groups is 1. The number of hydrogen-bond donors (Lipinski definition) is 1. The second-order valence-electron chi connectivity index (χ2n) is 10.5. The topological polar surface area (TPSA) is 81.1 Å². The van der Waals surface area contributed by atoms with Gasteiger partial charge in [0.1, 0.15) is 5.76 Å². The van der Waals surface area contributed by atoms with Crippen molar-refractivity contribution >= 4 is 23.1 Å². The molecule has 5 rings (SSSR count). The minimum absolute atomic E-state index is 0.172. The van der Waals surface area contributed by atoms with E-state index < -0.39 is 11.6 Å². The number of rotatable bonds is 8. The maximum Gasteiger partial charge on any atom is 0.365 e. The van der Waals surface area contributed by atoms with Gasteiger partial charge in [-0.2, -0.15) is 4.89 Å². The van der Waals surface area contributed by atoms with Crippen molar-refractivity contribution in [1.29, 1.82) is 0 Å². The molecule has 3 heterocycles. The van der Waals surface area contributed by atoms with Crippen molar-refractivity contribution in [2.75, 3.05) is 26.2 Å². The molecule has 1 aromatic heterocycles. The van der Waals surface area contributed by atoms with Crippen molar-refractivity contribution in [2.45, 2.75) is 38.7 Å². The molecular formula is C33H35ClN2O5. The van der Waals surface area contributed by atoms with Gasteiger partial charge in [0.2, 0.25) is 5.88 Å². The van der Waals surface area contributed by atoms with Crippen molar-refractivity contribution in [3.05, 3.63) is 112 Å². The maximum absolute atomic E-state index is 12.2. The van der Waals surface area contributed by atoms with Crippen LogP contribution in [0.4, 0.5) is 0 Å². The summed E-state index contributed by atoms with van der Waals surface area (Å²) in [7, 11) is 0. The number of pyridine rings is 1. The summed E-state index contributed by atoms with van der Waals surface area (Å²) in [5.74, 6) is 0.529. The Balaban J connectivity index is 1.32. The number of fused-ring (bicyclic) bond motifs is 2. The van der Waals surface area contributed by atoms with E-state index in [-0.39, 0.29) is 12.5 Å². The summed E-state index contributed by atoms with van der Waals surface area (Å²) in [6.45, 7) is 6.43. The van der Waals surface area contributed by atoms with Crippen molar-refractivity contribution in [3.8, 4) is 5.88 Å². The number of carbonyl (C=O) groups excluding carboxylic acids is 1. The van der Waals surface area contributed by atoms with E-state index in [1.165, 1.54) is 6.08 Å². The number of halogens is 1. The second-order valence-corrected chi connectivity index (χ2v) is 10.9. The largest absolute Gasteiger partial charge is 0.438 e. The highest BCUT2D eigenvalue weighted by molar-refractivity contribution is 6.30. The average Bonchev–Trinajstić information content (AvgIpc) is 3.14. The van der Waals surface area contributed by atoms with Gasteiger partial charge in [0.25, 0.3) is 0 Å². The molecule has 1 aliphatic carbocycles. The molecule has 1 fully saturated rings. The lowest BCUT2D eigenvalue weighted by atomic mass is 9.84. The first-order valence-corrected chi connectivity index (χ1v) is 14.4. The van der Waals surface area contributed by atoms with Gasteiger partial charge in [0, 0.05) is 54.0 Å². The Hall–Kier alpha value is -3.49. The van der Waals surface area contributed by atoms with E-state index >= 15 is 0 Å². The summed E-state index contributed by atoms with van der Waals surface area (Å²) in [5.41, 5.74) is 3.80. The van der Waals surface area contributed by atoms with Crippen molar-refractivity contribution < 1.29 is 24.4 Å². The monoisotopic (exact) mass is 574 g/mol. The van der Waals surface area contributed by atoms with Crippen molar-refractivity contribution in [2.24, 2.45) is 5.92 Å². The van der Waals surface area contributed by atoms with Crippen LogP contribution in [0.25, 0.3) is 5.57 Å². The fraction of sp³-hybridized carbons (Fsp3) is 0.333. The molecule has 7 nitrogen and oxygen atoms in total. The van der Waals surface area contributed by atoms with Crippen LogP contribution < -0.4 is 4.74 Å². The smallest absolute Gasteiger partial charge is 0.365 e. The van der Waals surface area contributed by atoms with Crippen LogP contribution in [0.1, 0.15) is 44.2 Å². The molecule has 0 saturated carbocycles. The highest BCUT2D eigenvalue weighted by Gasteiger charge is 2.34. The number of ether oxygens (including phenoxy) is 1. The third-order valence-electron chi connectivity index (χ3n) is 7.74. The van der Waals surface area contributed by atoms with E-state index in [1.807, 2.05) is 61.5 Å². The van der Waals surface area contributed by atoms with Crippen LogP contribution in [-0.2, 0) is 20.2 Å². The van der Waals surface area contributed by atoms with E-state index in [0.717, 1.165) is 53.9 Å². The lowest BCUT2D eigenvalue weighted by molar-refractivity contribution is -0.264. The molecule has 8 heteroatoms. The fourth-order valence-corrected chi connectivity index (χ4v) is 5.61. The molecule has 41 heavy (non-hydrogen) atoms. The van der Waals surface area contributed by atoms with Crippen LogP contribution in [0.15, 0.2) is 96.0 Å². The SMILES string of the molecule is CCOOC(=O)C=C(C)C1C=CC=C2Oc3ncccc3/C(=C/CCN3CCC(O)(c4ccc(Cl)cc4)CC3)C=C21. The van der Waals surface area contributed by atoms with Crippen molar-refractivity contribution in [1.82, 2.24) is 9.88 Å². The van der Waals surface area contributed by atoms with Gasteiger partial charge in [-0.1, -0.05) is 47.5 Å². The third-order valence-corrected chi connectivity index (χ3v) is 7.99. The van der Waals surface area contributed by atoms with Gasteiger partial charge in [-0.15, -0.1) is 0 Å². The van der Waals surface area contributed by atoms with Gasteiger partial charge in [-0.05, 0) is 80.7 Å². The molecule has 2 aliphatic heterocycles. The van der Waals surface area contributed by atoms with Gasteiger partial charge in [-0.3, -0.25) is 4.89 Å². The van der Waals surface area contributed by atoms with Gasteiger partial charge < -0.3 is 14.7 Å². The van der Waals surface area contributed by atoms with Crippen molar-refractivity contribution in [3.63, 3.8) is 0 Å². The summed E-state index contributed by atoms with van der Waals surface area (Å²) >= 11 is 6.04. The summed E-state index contributed by atoms with van der Waals surface area (Å²) in [4.78, 5) is 28.7. The zero-order chi connectivity index (χ0) is 28.8. The maximum atomic E-state index is 12.2. The molecule has 1 N–H and O–H groups in total. The van der Waals surface area contributed by atoms with Crippen LogP contribution in [0, 0.1) is 5.92 Å². The Bertz CT molecular complexity index is 1420. The zero-order valence-electron chi connectivity index (χ0n) is 23.4. The number of likely N-dealkylation sites (tertiary alicyclic amines) is 1. The Kier molecular flexibility index (Phi) is 9.20.